The van der Waals surface area contributed by atoms with Crippen molar-refractivity contribution in [2.24, 2.45) is 5.92 Å². The average Bonchev–Trinajstić information content (AvgIpc) is 2.27. The Balaban J connectivity index is 2.89. The van der Waals surface area contributed by atoms with Crippen molar-refractivity contribution in [1.82, 2.24) is 0 Å². The van der Waals surface area contributed by atoms with Crippen LogP contribution in [-0.4, -0.2) is 0 Å². The molecule has 1 rings (SSSR count). The van der Waals surface area contributed by atoms with Gasteiger partial charge in [-0.05, 0) is 42.5 Å². The van der Waals surface area contributed by atoms with E-state index in [9.17, 15) is 13.2 Å². The van der Waals surface area contributed by atoms with Gasteiger partial charge in [-0.3, -0.25) is 0 Å². The molecule has 98 valence electrons. The minimum absolute atomic E-state index is 0.296. The molecule has 0 fully saturated rings. The Morgan fingerprint density at radius 1 is 1.22 bits per heavy atom. The number of aryl methyl sites for hydroxylation is 1. The molecule has 0 saturated carbocycles. The van der Waals surface area contributed by atoms with E-state index in [1.54, 1.807) is 6.07 Å². The molecule has 0 aliphatic heterocycles. The first-order chi connectivity index (χ1) is 8.32. The van der Waals surface area contributed by atoms with Gasteiger partial charge in [0.15, 0.2) is 0 Å². The first-order valence-electron chi connectivity index (χ1n) is 6.00. The number of halogens is 3. The summed E-state index contributed by atoms with van der Waals surface area (Å²) in [5.41, 5.74) is 0.306. The van der Waals surface area contributed by atoms with Crippen molar-refractivity contribution in [1.29, 1.82) is 0 Å². The van der Waals surface area contributed by atoms with Crippen LogP contribution in [0, 0.1) is 18.3 Å². The van der Waals surface area contributed by atoms with Crippen molar-refractivity contribution in [3.05, 3.63) is 34.9 Å². The largest absolute Gasteiger partial charge is 0.416 e. The number of terminal acetylenes is 1. The highest BCUT2D eigenvalue weighted by atomic mass is 19.4. The molecule has 0 heterocycles. The van der Waals surface area contributed by atoms with E-state index in [1.165, 1.54) is 6.07 Å². The van der Waals surface area contributed by atoms with Crippen molar-refractivity contribution in [3.63, 3.8) is 0 Å². The number of rotatable bonds is 4. The van der Waals surface area contributed by atoms with Crippen LogP contribution in [0.2, 0.25) is 0 Å². The Bertz CT molecular complexity index is 436. The van der Waals surface area contributed by atoms with Gasteiger partial charge in [-0.1, -0.05) is 26.2 Å². The molecule has 1 aromatic rings. The number of hydrogen-bond acceptors (Lipinski definition) is 0. The van der Waals surface area contributed by atoms with Crippen LogP contribution in [0.3, 0.4) is 0 Å². The summed E-state index contributed by atoms with van der Waals surface area (Å²) in [4.78, 5) is 0. The van der Waals surface area contributed by atoms with E-state index >= 15 is 0 Å². The molecule has 0 N–H and O–H groups in total. The summed E-state index contributed by atoms with van der Waals surface area (Å²) in [6.45, 7) is 4.19. The van der Waals surface area contributed by atoms with Gasteiger partial charge in [-0.2, -0.15) is 13.2 Å². The molecule has 0 saturated heterocycles. The van der Waals surface area contributed by atoms with Crippen LogP contribution in [-0.2, 0) is 12.6 Å². The number of alkyl halides is 3. The first-order valence-corrected chi connectivity index (χ1v) is 6.00. The van der Waals surface area contributed by atoms with Gasteiger partial charge in [0.25, 0.3) is 0 Å². The number of benzene rings is 1. The standard InChI is InChI=1S/C15H17F3/c1-4-12-8-13(7-5-6-11(2)3)10-14(9-12)15(16,17)18/h1,8-11H,5-7H2,2-3H3. The zero-order chi connectivity index (χ0) is 13.8. The fourth-order valence-corrected chi connectivity index (χ4v) is 1.80. The quantitative estimate of drug-likeness (QED) is 0.685. The average molecular weight is 254 g/mol. The predicted octanol–water partition coefficient (Wildman–Crippen LogP) is 4.67. The summed E-state index contributed by atoms with van der Waals surface area (Å²) in [5.74, 6) is 2.84. The van der Waals surface area contributed by atoms with Crippen LogP contribution in [0.15, 0.2) is 18.2 Å². The van der Waals surface area contributed by atoms with Gasteiger partial charge >= 0.3 is 6.18 Å². The van der Waals surface area contributed by atoms with E-state index in [1.807, 2.05) is 0 Å². The smallest absolute Gasteiger partial charge is 0.166 e. The molecule has 0 aromatic heterocycles. The molecule has 0 spiro atoms. The molecular weight excluding hydrogens is 237 g/mol. The van der Waals surface area contributed by atoms with Crippen molar-refractivity contribution in [3.8, 4) is 12.3 Å². The normalized spacial score (nSPS) is 11.6. The maximum Gasteiger partial charge on any atom is 0.416 e. The summed E-state index contributed by atoms with van der Waals surface area (Å²) < 4.78 is 38.0. The molecule has 0 aliphatic carbocycles. The molecule has 3 heteroatoms. The molecule has 18 heavy (non-hydrogen) atoms. The fourth-order valence-electron chi connectivity index (χ4n) is 1.80. The Morgan fingerprint density at radius 3 is 2.39 bits per heavy atom. The highest BCUT2D eigenvalue weighted by molar-refractivity contribution is 5.40. The molecule has 0 atom stereocenters. The Hall–Kier alpha value is -1.43. The summed E-state index contributed by atoms with van der Waals surface area (Å²) in [6.07, 6.45) is 3.37. The maximum atomic E-state index is 12.7. The number of hydrogen-bond donors (Lipinski definition) is 0. The SMILES string of the molecule is C#Cc1cc(CCCC(C)C)cc(C(F)(F)F)c1. The molecule has 0 amide bonds. The third kappa shape index (κ3) is 4.44. The van der Waals surface area contributed by atoms with E-state index in [2.05, 4.69) is 19.8 Å². The summed E-state index contributed by atoms with van der Waals surface area (Å²) >= 11 is 0. The first kappa shape index (κ1) is 14.6. The summed E-state index contributed by atoms with van der Waals surface area (Å²) in [7, 11) is 0. The second-order valence-electron chi connectivity index (χ2n) is 4.85. The summed E-state index contributed by atoms with van der Waals surface area (Å²) in [6, 6.07) is 3.88. The highest BCUT2D eigenvalue weighted by Gasteiger charge is 2.30. The van der Waals surface area contributed by atoms with E-state index < -0.39 is 11.7 Å². The van der Waals surface area contributed by atoms with E-state index in [0.29, 0.717) is 23.5 Å². The van der Waals surface area contributed by atoms with E-state index in [4.69, 9.17) is 6.42 Å². The van der Waals surface area contributed by atoms with E-state index in [0.717, 1.165) is 18.9 Å². The predicted molar refractivity (Wildman–Crippen MR) is 67.2 cm³/mol. The highest BCUT2D eigenvalue weighted by Crippen LogP contribution is 2.31. The van der Waals surface area contributed by atoms with Crippen molar-refractivity contribution >= 4 is 0 Å². The lowest BCUT2D eigenvalue weighted by Gasteiger charge is -2.10. The minimum atomic E-state index is -4.33. The van der Waals surface area contributed by atoms with Gasteiger partial charge in [-0.15, -0.1) is 6.42 Å². The molecule has 0 bridgehead atoms. The lowest BCUT2D eigenvalue weighted by atomic mass is 9.99. The van der Waals surface area contributed by atoms with Gasteiger partial charge in [0, 0.05) is 5.56 Å². The van der Waals surface area contributed by atoms with Gasteiger partial charge in [0.1, 0.15) is 0 Å². The van der Waals surface area contributed by atoms with Gasteiger partial charge < -0.3 is 0 Å². The Labute approximate surface area is 106 Å². The van der Waals surface area contributed by atoms with Crippen LogP contribution < -0.4 is 0 Å². The van der Waals surface area contributed by atoms with Crippen LogP contribution in [0.5, 0.6) is 0 Å². The minimum Gasteiger partial charge on any atom is -0.166 e. The van der Waals surface area contributed by atoms with Crippen LogP contribution >= 0.6 is 0 Å². The molecule has 1 aromatic carbocycles. The van der Waals surface area contributed by atoms with Crippen LogP contribution in [0.25, 0.3) is 0 Å². The van der Waals surface area contributed by atoms with Crippen molar-refractivity contribution in [2.75, 3.05) is 0 Å². The zero-order valence-corrected chi connectivity index (χ0v) is 10.6. The van der Waals surface area contributed by atoms with Gasteiger partial charge in [-0.25, -0.2) is 0 Å². The lowest BCUT2D eigenvalue weighted by Crippen LogP contribution is -2.06. The van der Waals surface area contributed by atoms with Crippen LogP contribution in [0.4, 0.5) is 13.2 Å². The summed E-state index contributed by atoms with van der Waals surface area (Å²) in [5, 5.41) is 0. The monoisotopic (exact) mass is 254 g/mol. The fraction of sp³-hybridized carbons (Fsp3) is 0.467. The third-order valence-corrected chi connectivity index (χ3v) is 2.73. The second-order valence-corrected chi connectivity index (χ2v) is 4.85. The zero-order valence-electron chi connectivity index (χ0n) is 10.6. The van der Waals surface area contributed by atoms with Crippen molar-refractivity contribution < 1.29 is 13.2 Å². The Kier molecular flexibility index (Phi) is 4.84. The molecule has 0 radical (unpaired) electrons. The van der Waals surface area contributed by atoms with E-state index in [-0.39, 0.29) is 0 Å². The van der Waals surface area contributed by atoms with Gasteiger partial charge in [0.05, 0.1) is 5.56 Å². The lowest BCUT2D eigenvalue weighted by molar-refractivity contribution is -0.137. The molecule has 0 aliphatic rings. The molecular formula is C15H17F3. The topological polar surface area (TPSA) is 0 Å². The Morgan fingerprint density at radius 2 is 1.89 bits per heavy atom. The molecule has 0 nitrogen and oxygen atoms in total. The van der Waals surface area contributed by atoms with Gasteiger partial charge in [0.2, 0.25) is 0 Å². The second kappa shape index (κ2) is 5.95. The van der Waals surface area contributed by atoms with Crippen molar-refractivity contribution in [2.45, 2.75) is 39.3 Å². The van der Waals surface area contributed by atoms with Crippen LogP contribution in [0.1, 0.15) is 43.4 Å². The maximum absolute atomic E-state index is 12.7. The molecule has 0 unspecified atom stereocenters. The third-order valence-electron chi connectivity index (χ3n) is 2.73.